The molecular formula is C12H18N4O2S. The maximum atomic E-state index is 12.0. The second-order valence-electron chi connectivity index (χ2n) is 4.13. The van der Waals surface area contributed by atoms with Gasteiger partial charge in [0.15, 0.2) is 0 Å². The maximum Gasteiger partial charge on any atom is 0.243 e. The number of aryl methyl sites for hydroxylation is 1. The quantitative estimate of drug-likeness (QED) is 0.772. The summed E-state index contributed by atoms with van der Waals surface area (Å²) in [5.41, 5.74) is 0. The van der Waals surface area contributed by atoms with Gasteiger partial charge in [-0.05, 0) is 19.4 Å². The standard InChI is InChI=1S/C12H18N4O2S/c1-5-9(17)13-8(4)7(3)11(18)14-12-16-15-10(6-2)19-12/h5,7-8H,1,6H2,2-4H3,(H,13,17)(H,14,16,18). The summed E-state index contributed by atoms with van der Waals surface area (Å²) in [6.45, 7) is 8.85. The van der Waals surface area contributed by atoms with Crippen molar-refractivity contribution in [1.82, 2.24) is 15.5 Å². The predicted molar refractivity (Wildman–Crippen MR) is 74.9 cm³/mol. The van der Waals surface area contributed by atoms with Crippen LogP contribution in [0.25, 0.3) is 0 Å². The first-order valence-corrected chi connectivity index (χ1v) is 6.85. The van der Waals surface area contributed by atoms with Crippen LogP contribution in [0.2, 0.25) is 0 Å². The molecule has 0 aliphatic carbocycles. The number of nitrogens with zero attached hydrogens (tertiary/aromatic N) is 2. The van der Waals surface area contributed by atoms with Crippen molar-refractivity contribution in [3.63, 3.8) is 0 Å². The molecule has 2 atom stereocenters. The Bertz CT molecular complexity index is 472. The molecule has 0 aliphatic rings. The van der Waals surface area contributed by atoms with Crippen LogP contribution in [0.4, 0.5) is 5.13 Å². The minimum absolute atomic E-state index is 0.198. The van der Waals surface area contributed by atoms with Gasteiger partial charge in [0.2, 0.25) is 16.9 Å². The van der Waals surface area contributed by atoms with Crippen LogP contribution in [0.3, 0.4) is 0 Å². The van der Waals surface area contributed by atoms with Crippen molar-refractivity contribution in [2.24, 2.45) is 5.92 Å². The summed E-state index contributed by atoms with van der Waals surface area (Å²) in [6, 6.07) is -0.288. The lowest BCUT2D eigenvalue weighted by Gasteiger charge is -2.19. The van der Waals surface area contributed by atoms with Gasteiger partial charge in [-0.15, -0.1) is 10.2 Å². The topological polar surface area (TPSA) is 84.0 Å². The van der Waals surface area contributed by atoms with E-state index < -0.39 is 0 Å². The molecule has 2 unspecified atom stereocenters. The SMILES string of the molecule is C=CC(=O)NC(C)C(C)C(=O)Nc1nnc(CC)s1. The number of rotatable bonds is 6. The molecule has 1 heterocycles. The fourth-order valence-electron chi connectivity index (χ4n) is 1.30. The number of anilines is 1. The molecule has 6 nitrogen and oxygen atoms in total. The Morgan fingerprint density at radius 2 is 2.11 bits per heavy atom. The third-order valence-corrected chi connectivity index (χ3v) is 3.70. The number of hydrogen-bond acceptors (Lipinski definition) is 5. The van der Waals surface area contributed by atoms with Gasteiger partial charge in [-0.1, -0.05) is 31.8 Å². The Labute approximate surface area is 116 Å². The van der Waals surface area contributed by atoms with Gasteiger partial charge >= 0.3 is 0 Å². The monoisotopic (exact) mass is 282 g/mol. The van der Waals surface area contributed by atoms with Crippen LogP contribution in [-0.4, -0.2) is 28.1 Å². The summed E-state index contributed by atoms with van der Waals surface area (Å²) >= 11 is 1.35. The van der Waals surface area contributed by atoms with Crippen molar-refractivity contribution >= 4 is 28.3 Å². The fourth-order valence-corrected chi connectivity index (χ4v) is 1.98. The third kappa shape index (κ3) is 4.44. The molecule has 0 bridgehead atoms. The van der Waals surface area contributed by atoms with E-state index in [-0.39, 0.29) is 23.8 Å². The molecule has 0 aliphatic heterocycles. The molecule has 7 heteroatoms. The van der Waals surface area contributed by atoms with Crippen molar-refractivity contribution in [2.75, 3.05) is 5.32 Å². The number of carbonyl (C=O) groups excluding carboxylic acids is 2. The van der Waals surface area contributed by atoms with Gasteiger partial charge in [0.05, 0.1) is 5.92 Å². The zero-order valence-corrected chi connectivity index (χ0v) is 12.1. The van der Waals surface area contributed by atoms with Crippen molar-refractivity contribution in [3.8, 4) is 0 Å². The molecule has 0 saturated heterocycles. The van der Waals surface area contributed by atoms with Crippen LogP contribution >= 0.6 is 11.3 Å². The zero-order chi connectivity index (χ0) is 14.4. The highest BCUT2D eigenvalue weighted by Gasteiger charge is 2.22. The van der Waals surface area contributed by atoms with E-state index in [9.17, 15) is 9.59 Å². The van der Waals surface area contributed by atoms with Gasteiger partial charge in [-0.2, -0.15) is 0 Å². The second-order valence-corrected chi connectivity index (χ2v) is 5.20. The maximum absolute atomic E-state index is 12.0. The van der Waals surface area contributed by atoms with Crippen LogP contribution in [0.15, 0.2) is 12.7 Å². The van der Waals surface area contributed by atoms with E-state index in [0.29, 0.717) is 5.13 Å². The molecule has 19 heavy (non-hydrogen) atoms. The molecule has 0 aromatic carbocycles. The van der Waals surface area contributed by atoms with E-state index in [2.05, 4.69) is 27.4 Å². The average Bonchev–Trinajstić information content (AvgIpc) is 2.85. The third-order valence-electron chi connectivity index (χ3n) is 2.72. The molecule has 0 fully saturated rings. The minimum atomic E-state index is -0.377. The summed E-state index contributed by atoms with van der Waals surface area (Å²) < 4.78 is 0. The van der Waals surface area contributed by atoms with E-state index in [1.165, 1.54) is 17.4 Å². The smallest absolute Gasteiger partial charge is 0.243 e. The Morgan fingerprint density at radius 1 is 1.42 bits per heavy atom. The molecule has 1 aromatic rings. The summed E-state index contributed by atoms with van der Waals surface area (Å²) in [7, 11) is 0. The molecule has 1 aromatic heterocycles. The van der Waals surface area contributed by atoms with Crippen LogP contribution in [0.5, 0.6) is 0 Å². The number of aromatic nitrogens is 2. The minimum Gasteiger partial charge on any atom is -0.349 e. The van der Waals surface area contributed by atoms with Gasteiger partial charge < -0.3 is 10.6 Å². The highest BCUT2D eigenvalue weighted by molar-refractivity contribution is 7.15. The largest absolute Gasteiger partial charge is 0.349 e. The van der Waals surface area contributed by atoms with E-state index in [1.807, 2.05) is 6.92 Å². The summed E-state index contributed by atoms with van der Waals surface area (Å²) in [5, 5.41) is 14.5. The molecule has 2 amide bonds. The summed E-state index contributed by atoms with van der Waals surface area (Å²) in [6.07, 6.45) is 1.97. The van der Waals surface area contributed by atoms with E-state index in [4.69, 9.17) is 0 Å². The Morgan fingerprint density at radius 3 is 2.63 bits per heavy atom. The van der Waals surface area contributed by atoms with Gasteiger partial charge in [0, 0.05) is 6.04 Å². The van der Waals surface area contributed by atoms with Crippen LogP contribution in [0.1, 0.15) is 25.8 Å². The number of carbonyl (C=O) groups is 2. The number of amides is 2. The highest BCUT2D eigenvalue weighted by atomic mass is 32.1. The first-order valence-electron chi connectivity index (χ1n) is 6.04. The first-order chi connectivity index (χ1) is 8.97. The fraction of sp³-hybridized carbons (Fsp3) is 0.500. The molecule has 2 N–H and O–H groups in total. The number of nitrogens with one attached hydrogen (secondary N) is 2. The van der Waals surface area contributed by atoms with Gasteiger partial charge in [0.25, 0.3) is 0 Å². The molecule has 0 spiro atoms. The first kappa shape index (κ1) is 15.3. The lowest BCUT2D eigenvalue weighted by atomic mass is 10.0. The molecular weight excluding hydrogens is 264 g/mol. The summed E-state index contributed by atoms with van der Waals surface area (Å²) in [4.78, 5) is 23.1. The van der Waals surface area contributed by atoms with Crippen molar-refractivity contribution in [3.05, 3.63) is 17.7 Å². The van der Waals surface area contributed by atoms with E-state index >= 15 is 0 Å². The molecule has 1 rings (SSSR count). The Kier molecular flexibility index (Phi) is 5.62. The molecule has 104 valence electrons. The van der Waals surface area contributed by atoms with Crippen LogP contribution in [-0.2, 0) is 16.0 Å². The number of hydrogen-bond donors (Lipinski definition) is 2. The zero-order valence-electron chi connectivity index (χ0n) is 11.3. The van der Waals surface area contributed by atoms with E-state index in [0.717, 1.165) is 11.4 Å². The van der Waals surface area contributed by atoms with Gasteiger partial charge in [-0.3, -0.25) is 9.59 Å². The van der Waals surface area contributed by atoms with Crippen molar-refractivity contribution in [1.29, 1.82) is 0 Å². The average molecular weight is 282 g/mol. The normalized spacial score (nSPS) is 13.4. The van der Waals surface area contributed by atoms with E-state index in [1.54, 1.807) is 13.8 Å². The lowest BCUT2D eigenvalue weighted by Crippen LogP contribution is -2.41. The van der Waals surface area contributed by atoms with Crippen LogP contribution in [0, 0.1) is 5.92 Å². The lowest BCUT2D eigenvalue weighted by molar-refractivity contribution is -0.121. The van der Waals surface area contributed by atoms with Crippen molar-refractivity contribution in [2.45, 2.75) is 33.2 Å². The van der Waals surface area contributed by atoms with Crippen molar-refractivity contribution < 1.29 is 9.59 Å². The highest BCUT2D eigenvalue weighted by Crippen LogP contribution is 2.16. The summed E-state index contributed by atoms with van der Waals surface area (Å²) in [5.74, 6) is -0.870. The molecule has 0 saturated carbocycles. The second kappa shape index (κ2) is 6.98. The van der Waals surface area contributed by atoms with Gasteiger partial charge in [0.1, 0.15) is 5.01 Å². The Balaban J connectivity index is 2.56. The molecule has 0 radical (unpaired) electrons. The Hall–Kier alpha value is -1.76. The van der Waals surface area contributed by atoms with Gasteiger partial charge in [-0.25, -0.2) is 0 Å². The van der Waals surface area contributed by atoms with Crippen LogP contribution < -0.4 is 10.6 Å². The predicted octanol–water partition coefficient (Wildman–Crippen LogP) is 1.37.